The van der Waals surface area contributed by atoms with E-state index in [9.17, 15) is 0 Å². The molecule has 1 fully saturated rings. The molecule has 0 spiro atoms. The summed E-state index contributed by atoms with van der Waals surface area (Å²) in [4.78, 5) is 0.529. The van der Waals surface area contributed by atoms with E-state index in [4.69, 9.17) is 23.1 Å². The molecule has 3 N–H and O–H groups in total. The SMILES string of the molecule is NC(=S)CC1(CO)CC1. The van der Waals surface area contributed by atoms with Crippen molar-refractivity contribution in [2.45, 2.75) is 19.3 Å². The summed E-state index contributed by atoms with van der Waals surface area (Å²) in [5, 5.41) is 8.79. The number of aliphatic hydroxyl groups excluding tert-OH is 1. The highest BCUT2D eigenvalue weighted by atomic mass is 32.1. The molecule has 0 aromatic rings. The van der Waals surface area contributed by atoms with Crippen LogP contribution >= 0.6 is 12.2 Å². The average molecular weight is 145 g/mol. The van der Waals surface area contributed by atoms with E-state index >= 15 is 0 Å². The second-order valence-electron chi connectivity index (χ2n) is 2.80. The Morgan fingerprint density at radius 3 is 2.33 bits per heavy atom. The highest BCUT2D eigenvalue weighted by Gasteiger charge is 2.42. The minimum atomic E-state index is 0.103. The van der Waals surface area contributed by atoms with Crippen LogP contribution in [0.15, 0.2) is 0 Å². The summed E-state index contributed by atoms with van der Waals surface area (Å²) in [5.74, 6) is 0. The van der Waals surface area contributed by atoms with Crippen molar-refractivity contribution >= 4 is 17.2 Å². The van der Waals surface area contributed by atoms with E-state index in [0.717, 1.165) is 19.3 Å². The second kappa shape index (κ2) is 2.23. The average Bonchev–Trinajstić information content (AvgIpc) is 2.48. The van der Waals surface area contributed by atoms with E-state index in [1.165, 1.54) is 0 Å². The Labute approximate surface area is 60.1 Å². The fourth-order valence-electron chi connectivity index (χ4n) is 0.937. The van der Waals surface area contributed by atoms with Gasteiger partial charge in [-0.2, -0.15) is 0 Å². The molecule has 0 aromatic carbocycles. The molecular formula is C6H11NOS. The minimum absolute atomic E-state index is 0.103. The molecule has 3 heteroatoms. The molecule has 9 heavy (non-hydrogen) atoms. The van der Waals surface area contributed by atoms with Crippen LogP contribution in [0.2, 0.25) is 0 Å². The molecule has 1 aliphatic rings. The molecule has 0 aromatic heterocycles. The minimum Gasteiger partial charge on any atom is -0.396 e. The monoisotopic (exact) mass is 145 g/mol. The van der Waals surface area contributed by atoms with Crippen molar-refractivity contribution in [3.05, 3.63) is 0 Å². The lowest BCUT2D eigenvalue weighted by Gasteiger charge is -2.07. The zero-order chi connectivity index (χ0) is 6.91. The van der Waals surface area contributed by atoms with Crippen molar-refractivity contribution in [3.63, 3.8) is 0 Å². The Bertz CT molecular complexity index is 131. The fourth-order valence-corrected chi connectivity index (χ4v) is 1.24. The number of aliphatic hydroxyl groups is 1. The van der Waals surface area contributed by atoms with E-state index in [-0.39, 0.29) is 12.0 Å². The number of hydrogen-bond acceptors (Lipinski definition) is 2. The molecule has 1 rings (SSSR count). The van der Waals surface area contributed by atoms with Gasteiger partial charge in [-0.1, -0.05) is 12.2 Å². The molecule has 0 unspecified atom stereocenters. The van der Waals surface area contributed by atoms with Crippen molar-refractivity contribution in [2.24, 2.45) is 11.1 Å². The van der Waals surface area contributed by atoms with Gasteiger partial charge in [0.1, 0.15) is 0 Å². The summed E-state index contributed by atoms with van der Waals surface area (Å²) in [6.07, 6.45) is 2.89. The molecule has 0 bridgehead atoms. The van der Waals surface area contributed by atoms with E-state index < -0.39 is 0 Å². The van der Waals surface area contributed by atoms with E-state index in [0.29, 0.717) is 4.99 Å². The van der Waals surface area contributed by atoms with Gasteiger partial charge in [-0.25, -0.2) is 0 Å². The highest BCUT2D eigenvalue weighted by molar-refractivity contribution is 7.80. The Hall–Kier alpha value is -0.150. The summed E-state index contributed by atoms with van der Waals surface area (Å²) in [6.45, 7) is 0.240. The molecule has 0 atom stereocenters. The highest BCUT2D eigenvalue weighted by Crippen LogP contribution is 2.47. The van der Waals surface area contributed by atoms with E-state index in [2.05, 4.69) is 0 Å². The molecule has 0 aliphatic heterocycles. The van der Waals surface area contributed by atoms with Gasteiger partial charge in [-0.3, -0.25) is 0 Å². The van der Waals surface area contributed by atoms with Crippen molar-refractivity contribution in [2.75, 3.05) is 6.61 Å². The molecular weight excluding hydrogens is 134 g/mol. The summed E-state index contributed by atoms with van der Waals surface area (Å²) in [6, 6.07) is 0. The van der Waals surface area contributed by atoms with Gasteiger partial charge in [0.15, 0.2) is 0 Å². The zero-order valence-corrected chi connectivity index (χ0v) is 6.08. The van der Waals surface area contributed by atoms with Crippen molar-refractivity contribution in [3.8, 4) is 0 Å². The summed E-state index contributed by atoms with van der Waals surface area (Å²) in [7, 11) is 0. The topological polar surface area (TPSA) is 46.2 Å². The van der Waals surface area contributed by atoms with Gasteiger partial charge in [-0.15, -0.1) is 0 Å². The van der Waals surface area contributed by atoms with Crippen molar-refractivity contribution < 1.29 is 5.11 Å². The lowest BCUT2D eigenvalue weighted by molar-refractivity contribution is 0.216. The number of nitrogens with two attached hydrogens (primary N) is 1. The van der Waals surface area contributed by atoms with Crippen LogP contribution < -0.4 is 5.73 Å². The maximum Gasteiger partial charge on any atom is 0.0733 e. The van der Waals surface area contributed by atoms with Gasteiger partial charge in [0, 0.05) is 13.0 Å². The normalized spacial score (nSPS) is 21.4. The molecule has 0 radical (unpaired) electrons. The largest absolute Gasteiger partial charge is 0.396 e. The first-order chi connectivity index (χ1) is 4.18. The molecule has 52 valence electrons. The Morgan fingerprint density at radius 2 is 2.22 bits per heavy atom. The van der Waals surface area contributed by atoms with Gasteiger partial charge in [0.05, 0.1) is 4.99 Å². The Morgan fingerprint density at radius 1 is 1.67 bits per heavy atom. The summed E-state index contributed by atoms with van der Waals surface area (Å²) < 4.78 is 0. The summed E-state index contributed by atoms with van der Waals surface area (Å²) >= 11 is 4.72. The Kier molecular flexibility index (Phi) is 1.73. The quantitative estimate of drug-likeness (QED) is 0.566. The van der Waals surface area contributed by atoms with Crippen LogP contribution in [0.1, 0.15) is 19.3 Å². The van der Waals surface area contributed by atoms with Crippen molar-refractivity contribution in [1.82, 2.24) is 0 Å². The maximum atomic E-state index is 8.79. The van der Waals surface area contributed by atoms with Crippen LogP contribution in [0.25, 0.3) is 0 Å². The van der Waals surface area contributed by atoms with Crippen LogP contribution in [0.5, 0.6) is 0 Å². The summed E-state index contributed by atoms with van der Waals surface area (Å²) in [5.41, 5.74) is 5.42. The first-order valence-electron chi connectivity index (χ1n) is 3.08. The van der Waals surface area contributed by atoms with E-state index in [1.54, 1.807) is 0 Å². The number of rotatable bonds is 3. The van der Waals surface area contributed by atoms with Crippen LogP contribution in [0.4, 0.5) is 0 Å². The standard InChI is InChI=1S/C6H11NOS/c7-5(9)3-6(4-8)1-2-6/h8H,1-4H2,(H2,7,9). The molecule has 1 saturated carbocycles. The van der Waals surface area contributed by atoms with Gasteiger partial charge >= 0.3 is 0 Å². The third-order valence-corrected chi connectivity index (χ3v) is 1.99. The van der Waals surface area contributed by atoms with Gasteiger partial charge in [0.2, 0.25) is 0 Å². The predicted octanol–water partition coefficient (Wildman–Crippen LogP) is 0.435. The fraction of sp³-hybridized carbons (Fsp3) is 0.833. The van der Waals surface area contributed by atoms with Crippen molar-refractivity contribution in [1.29, 1.82) is 0 Å². The predicted molar refractivity (Wildman–Crippen MR) is 40.2 cm³/mol. The van der Waals surface area contributed by atoms with Crippen LogP contribution in [-0.4, -0.2) is 16.7 Å². The van der Waals surface area contributed by atoms with Gasteiger partial charge in [-0.05, 0) is 18.3 Å². The maximum absolute atomic E-state index is 8.79. The smallest absolute Gasteiger partial charge is 0.0733 e. The van der Waals surface area contributed by atoms with Gasteiger partial charge in [0.25, 0.3) is 0 Å². The lowest BCUT2D eigenvalue weighted by atomic mass is 10.0. The molecule has 1 aliphatic carbocycles. The van der Waals surface area contributed by atoms with E-state index in [1.807, 2.05) is 0 Å². The lowest BCUT2D eigenvalue weighted by Crippen LogP contribution is -2.17. The van der Waals surface area contributed by atoms with Crippen LogP contribution in [-0.2, 0) is 0 Å². The number of hydrogen-bond donors (Lipinski definition) is 2. The molecule has 0 amide bonds. The third-order valence-electron chi connectivity index (χ3n) is 1.84. The first-order valence-corrected chi connectivity index (χ1v) is 3.49. The van der Waals surface area contributed by atoms with Crippen LogP contribution in [0.3, 0.4) is 0 Å². The molecule has 0 saturated heterocycles. The second-order valence-corrected chi connectivity index (χ2v) is 3.33. The van der Waals surface area contributed by atoms with Gasteiger partial charge < -0.3 is 10.8 Å². The molecule has 2 nitrogen and oxygen atoms in total. The Balaban J connectivity index is 2.33. The molecule has 0 heterocycles. The number of thiocarbonyl (C=S) groups is 1. The third kappa shape index (κ3) is 1.63. The first kappa shape index (κ1) is 6.96. The van der Waals surface area contributed by atoms with Crippen LogP contribution in [0, 0.1) is 5.41 Å². The zero-order valence-electron chi connectivity index (χ0n) is 5.26.